The Morgan fingerprint density at radius 2 is 2.00 bits per heavy atom. The number of pyridine rings is 1. The van der Waals surface area contributed by atoms with Gasteiger partial charge >= 0.3 is 0 Å². The lowest BCUT2D eigenvalue weighted by atomic mass is 9.97. The van der Waals surface area contributed by atoms with Crippen LogP contribution >= 0.6 is 0 Å². The van der Waals surface area contributed by atoms with Gasteiger partial charge < -0.3 is 5.73 Å². The Balaban J connectivity index is 2.10. The van der Waals surface area contributed by atoms with E-state index in [0.717, 1.165) is 11.9 Å². The van der Waals surface area contributed by atoms with Crippen LogP contribution in [0.5, 0.6) is 0 Å². The van der Waals surface area contributed by atoms with Crippen LogP contribution in [0, 0.1) is 0 Å². The van der Waals surface area contributed by atoms with Gasteiger partial charge in [0.15, 0.2) is 0 Å². The Hall–Kier alpha value is -1.41. The van der Waals surface area contributed by atoms with Gasteiger partial charge in [-0.1, -0.05) is 50.8 Å². The lowest BCUT2D eigenvalue weighted by Crippen LogP contribution is -2.10. The van der Waals surface area contributed by atoms with E-state index in [1.54, 1.807) is 0 Å². The molecule has 0 amide bonds. The van der Waals surface area contributed by atoms with Crippen molar-refractivity contribution in [1.82, 2.24) is 4.98 Å². The van der Waals surface area contributed by atoms with Gasteiger partial charge in [-0.3, -0.25) is 4.98 Å². The molecule has 1 unspecified atom stereocenters. The number of unbranched alkanes of at least 4 members (excludes halogenated alkanes) is 3. The molecule has 2 N–H and O–H groups in total. The molecule has 0 bridgehead atoms. The summed E-state index contributed by atoms with van der Waals surface area (Å²) in [5, 5.41) is 1.20. The molecule has 2 rings (SSSR count). The first kappa shape index (κ1) is 13.0. The molecule has 1 aromatic heterocycles. The fraction of sp³-hybridized carbons (Fsp3) is 0.438. The first-order valence-electron chi connectivity index (χ1n) is 6.92. The molecule has 2 aromatic rings. The van der Waals surface area contributed by atoms with Gasteiger partial charge in [-0.15, -0.1) is 0 Å². The summed E-state index contributed by atoms with van der Waals surface area (Å²) < 4.78 is 0. The minimum Gasteiger partial charge on any atom is -0.324 e. The number of aromatic nitrogens is 1. The third kappa shape index (κ3) is 3.08. The molecule has 0 saturated carbocycles. The van der Waals surface area contributed by atoms with Crippen molar-refractivity contribution in [2.24, 2.45) is 5.73 Å². The van der Waals surface area contributed by atoms with Crippen molar-refractivity contribution in [3.05, 3.63) is 42.1 Å². The third-order valence-corrected chi connectivity index (χ3v) is 3.45. The van der Waals surface area contributed by atoms with Crippen LogP contribution in [0.3, 0.4) is 0 Å². The van der Waals surface area contributed by atoms with Crippen molar-refractivity contribution in [3.63, 3.8) is 0 Å². The van der Waals surface area contributed by atoms with Gasteiger partial charge in [0.1, 0.15) is 0 Å². The van der Waals surface area contributed by atoms with Crippen molar-refractivity contribution in [1.29, 1.82) is 0 Å². The molecular weight excluding hydrogens is 220 g/mol. The summed E-state index contributed by atoms with van der Waals surface area (Å²) in [6.45, 7) is 2.23. The molecule has 0 aliphatic rings. The average molecular weight is 242 g/mol. The topological polar surface area (TPSA) is 38.9 Å². The number of hydrogen-bond acceptors (Lipinski definition) is 2. The SMILES string of the molecule is CCCCCCC(N)c1cccc2ncccc12. The van der Waals surface area contributed by atoms with E-state index < -0.39 is 0 Å². The molecular formula is C16H22N2. The summed E-state index contributed by atoms with van der Waals surface area (Å²) in [6, 6.07) is 10.5. The largest absolute Gasteiger partial charge is 0.324 e. The first-order chi connectivity index (χ1) is 8.83. The van der Waals surface area contributed by atoms with Crippen LogP contribution in [-0.4, -0.2) is 4.98 Å². The van der Waals surface area contributed by atoms with E-state index in [9.17, 15) is 0 Å². The minimum absolute atomic E-state index is 0.134. The van der Waals surface area contributed by atoms with Crippen LogP contribution in [-0.2, 0) is 0 Å². The Morgan fingerprint density at radius 3 is 2.83 bits per heavy atom. The maximum atomic E-state index is 6.32. The van der Waals surface area contributed by atoms with Crippen LogP contribution in [0.15, 0.2) is 36.5 Å². The molecule has 0 aliphatic carbocycles. The number of nitrogens with zero attached hydrogens (tertiary/aromatic N) is 1. The highest BCUT2D eigenvalue weighted by Gasteiger charge is 2.09. The summed E-state index contributed by atoms with van der Waals surface area (Å²) in [5.74, 6) is 0. The maximum absolute atomic E-state index is 6.32. The third-order valence-electron chi connectivity index (χ3n) is 3.45. The number of hydrogen-bond donors (Lipinski definition) is 1. The summed E-state index contributed by atoms with van der Waals surface area (Å²) in [7, 11) is 0. The highest BCUT2D eigenvalue weighted by molar-refractivity contribution is 5.82. The van der Waals surface area contributed by atoms with E-state index >= 15 is 0 Å². The first-order valence-corrected chi connectivity index (χ1v) is 6.92. The molecule has 0 aliphatic heterocycles. The predicted molar refractivity (Wildman–Crippen MR) is 77.4 cm³/mol. The molecule has 0 fully saturated rings. The second kappa shape index (κ2) is 6.50. The van der Waals surface area contributed by atoms with E-state index in [0.29, 0.717) is 0 Å². The Kier molecular flexibility index (Phi) is 4.71. The maximum Gasteiger partial charge on any atom is 0.0705 e. The fourth-order valence-electron chi connectivity index (χ4n) is 2.40. The molecule has 2 nitrogen and oxygen atoms in total. The van der Waals surface area contributed by atoms with Gasteiger partial charge in [0.05, 0.1) is 5.52 Å². The Morgan fingerprint density at radius 1 is 1.11 bits per heavy atom. The summed E-state index contributed by atoms with van der Waals surface area (Å²) in [4.78, 5) is 4.38. The average Bonchev–Trinajstić information content (AvgIpc) is 2.43. The number of rotatable bonds is 6. The van der Waals surface area contributed by atoms with Crippen molar-refractivity contribution < 1.29 is 0 Å². The van der Waals surface area contributed by atoms with E-state index in [2.05, 4.69) is 30.1 Å². The zero-order valence-corrected chi connectivity index (χ0v) is 11.1. The van der Waals surface area contributed by atoms with Crippen molar-refractivity contribution >= 4 is 10.9 Å². The molecule has 18 heavy (non-hydrogen) atoms. The van der Waals surface area contributed by atoms with Crippen LogP contribution in [0.2, 0.25) is 0 Å². The summed E-state index contributed by atoms with van der Waals surface area (Å²) in [5.41, 5.74) is 8.59. The van der Waals surface area contributed by atoms with Crippen LogP contribution in [0.25, 0.3) is 10.9 Å². The lowest BCUT2D eigenvalue weighted by molar-refractivity contribution is 0.568. The Bertz CT molecular complexity index is 488. The van der Waals surface area contributed by atoms with Gasteiger partial charge in [0, 0.05) is 17.6 Å². The fourth-order valence-corrected chi connectivity index (χ4v) is 2.40. The molecule has 0 radical (unpaired) electrons. The van der Waals surface area contributed by atoms with Gasteiger partial charge in [0.25, 0.3) is 0 Å². The van der Waals surface area contributed by atoms with E-state index in [1.165, 1.54) is 36.6 Å². The summed E-state index contributed by atoms with van der Waals surface area (Å²) in [6.07, 6.45) is 7.98. The number of fused-ring (bicyclic) bond motifs is 1. The molecule has 1 heterocycles. The number of benzene rings is 1. The minimum atomic E-state index is 0.134. The van der Waals surface area contributed by atoms with Crippen molar-refractivity contribution in [2.75, 3.05) is 0 Å². The molecule has 1 aromatic carbocycles. The van der Waals surface area contributed by atoms with Crippen LogP contribution < -0.4 is 5.73 Å². The smallest absolute Gasteiger partial charge is 0.0705 e. The second-order valence-corrected chi connectivity index (χ2v) is 4.87. The predicted octanol–water partition coefficient (Wildman–Crippen LogP) is 4.21. The van der Waals surface area contributed by atoms with Gasteiger partial charge in [0.2, 0.25) is 0 Å². The monoisotopic (exact) mass is 242 g/mol. The van der Waals surface area contributed by atoms with Crippen LogP contribution in [0.1, 0.15) is 50.6 Å². The van der Waals surface area contributed by atoms with Crippen molar-refractivity contribution in [3.8, 4) is 0 Å². The molecule has 96 valence electrons. The highest BCUT2D eigenvalue weighted by Crippen LogP contribution is 2.24. The van der Waals surface area contributed by atoms with E-state index in [-0.39, 0.29) is 6.04 Å². The van der Waals surface area contributed by atoms with Crippen LogP contribution in [0.4, 0.5) is 0 Å². The second-order valence-electron chi connectivity index (χ2n) is 4.87. The van der Waals surface area contributed by atoms with Crippen molar-refractivity contribution in [2.45, 2.75) is 45.1 Å². The molecule has 0 spiro atoms. The Labute approximate surface area is 109 Å². The molecule has 1 atom stereocenters. The molecule has 2 heteroatoms. The normalized spacial score (nSPS) is 12.8. The molecule has 0 saturated heterocycles. The lowest BCUT2D eigenvalue weighted by Gasteiger charge is -2.14. The van der Waals surface area contributed by atoms with E-state index in [1.807, 2.05) is 18.3 Å². The van der Waals surface area contributed by atoms with Gasteiger partial charge in [-0.25, -0.2) is 0 Å². The highest BCUT2D eigenvalue weighted by atomic mass is 14.7. The zero-order chi connectivity index (χ0) is 12.8. The zero-order valence-electron chi connectivity index (χ0n) is 11.1. The quantitative estimate of drug-likeness (QED) is 0.771. The van der Waals surface area contributed by atoms with E-state index in [4.69, 9.17) is 5.73 Å². The standard InChI is InChI=1S/C16H22N2/c1-2-3-4-5-10-15(17)13-8-6-11-16-14(13)9-7-12-18-16/h6-9,11-12,15H,2-5,10,17H2,1H3. The summed E-state index contributed by atoms with van der Waals surface area (Å²) >= 11 is 0. The number of nitrogens with two attached hydrogens (primary N) is 1. The van der Waals surface area contributed by atoms with Gasteiger partial charge in [-0.2, -0.15) is 0 Å². The van der Waals surface area contributed by atoms with Gasteiger partial charge in [-0.05, 0) is 24.1 Å².